The molecule has 0 spiro atoms. The molecule has 0 radical (unpaired) electrons. The zero-order chi connectivity index (χ0) is 14.6. The number of nitrogens with two attached hydrogens (primary N) is 1. The third kappa shape index (κ3) is 5.86. The normalized spacial score (nSPS) is 13.7. The molecule has 1 amide bonds. The van der Waals surface area contributed by atoms with Gasteiger partial charge < -0.3 is 20.5 Å². The second kappa shape index (κ2) is 6.04. The average Bonchev–Trinajstić information content (AvgIpc) is 2.22. The van der Waals surface area contributed by atoms with Crippen LogP contribution in [0, 0.1) is 5.41 Å². The van der Waals surface area contributed by atoms with Gasteiger partial charge in [0.1, 0.15) is 11.6 Å². The highest BCUT2D eigenvalue weighted by atomic mass is 16.6. The number of alkyl carbamates (subject to hydrolysis) is 1. The smallest absolute Gasteiger partial charge is 0.407 e. The Morgan fingerprint density at radius 3 is 2.11 bits per heavy atom. The van der Waals surface area contributed by atoms with Crippen molar-refractivity contribution in [3.05, 3.63) is 0 Å². The number of hydrogen-bond donors (Lipinski definition) is 2. The summed E-state index contributed by atoms with van der Waals surface area (Å²) in [5, 5.41) is 2.59. The van der Waals surface area contributed by atoms with Gasteiger partial charge in [0.05, 0.1) is 7.11 Å². The van der Waals surface area contributed by atoms with Crippen molar-refractivity contribution in [1.29, 1.82) is 0 Å². The number of amides is 1. The standard InChI is InChI=1S/C12H24N2O4/c1-11(2,3)18-10(16)14-7-12(4,5)8(13)9(15)17-6/h8H,7,13H2,1-6H3,(H,14,16). The number of rotatable bonds is 4. The summed E-state index contributed by atoms with van der Waals surface area (Å²) in [6.07, 6.45) is -0.535. The lowest BCUT2D eigenvalue weighted by Gasteiger charge is -2.30. The largest absolute Gasteiger partial charge is 0.468 e. The molecule has 18 heavy (non-hydrogen) atoms. The molecule has 0 aromatic heterocycles. The van der Waals surface area contributed by atoms with E-state index in [2.05, 4.69) is 10.1 Å². The molecule has 3 N–H and O–H groups in total. The highest BCUT2D eigenvalue weighted by molar-refractivity contribution is 5.76. The molecule has 0 rings (SSSR count). The molecule has 0 aliphatic carbocycles. The van der Waals surface area contributed by atoms with Crippen molar-refractivity contribution >= 4 is 12.1 Å². The van der Waals surface area contributed by atoms with E-state index in [-0.39, 0.29) is 6.54 Å². The van der Waals surface area contributed by atoms with Crippen molar-refractivity contribution < 1.29 is 19.1 Å². The minimum Gasteiger partial charge on any atom is -0.468 e. The van der Waals surface area contributed by atoms with E-state index in [4.69, 9.17) is 10.5 Å². The third-order valence-electron chi connectivity index (χ3n) is 2.38. The first kappa shape index (κ1) is 16.7. The molecule has 0 aliphatic rings. The maximum atomic E-state index is 11.5. The number of methoxy groups -OCH3 is 1. The fourth-order valence-corrected chi connectivity index (χ4v) is 1.17. The second-order valence-corrected chi connectivity index (χ2v) is 5.84. The highest BCUT2D eigenvalue weighted by Crippen LogP contribution is 2.19. The predicted octanol–water partition coefficient (Wildman–Crippen LogP) is 1.04. The first-order valence-electron chi connectivity index (χ1n) is 5.80. The number of carbonyl (C=O) groups excluding carboxylic acids is 2. The monoisotopic (exact) mass is 260 g/mol. The lowest BCUT2D eigenvalue weighted by atomic mass is 9.85. The summed E-state index contributed by atoms with van der Waals surface area (Å²) in [6, 6.07) is -0.808. The lowest BCUT2D eigenvalue weighted by molar-refractivity contribution is -0.144. The fraction of sp³-hybridized carbons (Fsp3) is 0.833. The van der Waals surface area contributed by atoms with Crippen molar-refractivity contribution in [3.63, 3.8) is 0 Å². The molecule has 106 valence electrons. The van der Waals surface area contributed by atoms with Crippen LogP contribution in [0.2, 0.25) is 0 Å². The van der Waals surface area contributed by atoms with Crippen LogP contribution in [-0.4, -0.2) is 37.4 Å². The van der Waals surface area contributed by atoms with E-state index in [9.17, 15) is 9.59 Å². The molecule has 6 nitrogen and oxygen atoms in total. The molecule has 0 bridgehead atoms. The molecule has 0 aliphatic heterocycles. The van der Waals surface area contributed by atoms with Gasteiger partial charge in [-0.15, -0.1) is 0 Å². The molecule has 0 aromatic carbocycles. The molecule has 1 unspecified atom stereocenters. The van der Waals surface area contributed by atoms with Crippen LogP contribution in [0.4, 0.5) is 4.79 Å². The quantitative estimate of drug-likeness (QED) is 0.737. The summed E-state index contributed by atoms with van der Waals surface area (Å²) in [7, 11) is 1.28. The molecule has 0 heterocycles. The third-order valence-corrected chi connectivity index (χ3v) is 2.38. The van der Waals surface area contributed by atoms with Crippen LogP contribution >= 0.6 is 0 Å². The first-order valence-corrected chi connectivity index (χ1v) is 5.80. The van der Waals surface area contributed by atoms with Gasteiger partial charge in [-0.25, -0.2) is 4.79 Å². The van der Waals surface area contributed by atoms with Crippen LogP contribution in [-0.2, 0) is 14.3 Å². The van der Waals surface area contributed by atoms with E-state index in [1.807, 2.05) is 0 Å². The number of hydrogen-bond acceptors (Lipinski definition) is 5. The van der Waals surface area contributed by atoms with E-state index < -0.39 is 29.1 Å². The zero-order valence-corrected chi connectivity index (χ0v) is 12.0. The number of ether oxygens (including phenoxy) is 2. The van der Waals surface area contributed by atoms with E-state index in [1.54, 1.807) is 34.6 Å². The fourth-order valence-electron chi connectivity index (χ4n) is 1.17. The van der Waals surface area contributed by atoms with Crippen LogP contribution in [0.25, 0.3) is 0 Å². The number of carbonyl (C=O) groups is 2. The molecule has 0 saturated carbocycles. The Hall–Kier alpha value is -1.30. The minimum atomic E-state index is -0.808. The summed E-state index contributed by atoms with van der Waals surface area (Å²) in [5.74, 6) is -0.508. The minimum absolute atomic E-state index is 0.220. The maximum absolute atomic E-state index is 11.5. The highest BCUT2D eigenvalue weighted by Gasteiger charge is 2.33. The van der Waals surface area contributed by atoms with Crippen molar-refractivity contribution in [2.45, 2.75) is 46.3 Å². The SMILES string of the molecule is COC(=O)C(N)C(C)(C)CNC(=O)OC(C)(C)C. The molecule has 6 heteroatoms. The Bertz CT molecular complexity index is 308. The Balaban J connectivity index is 4.35. The molecular formula is C12H24N2O4. The van der Waals surface area contributed by atoms with Crippen molar-refractivity contribution in [2.75, 3.05) is 13.7 Å². The topological polar surface area (TPSA) is 90.6 Å². The molecule has 0 fully saturated rings. The van der Waals surface area contributed by atoms with E-state index in [1.165, 1.54) is 7.11 Å². The van der Waals surface area contributed by atoms with Gasteiger partial charge in [-0.05, 0) is 20.8 Å². The molecule has 1 atom stereocenters. The van der Waals surface area contributed by atoms with Crippen molar-refractivity contribution in [2.24, 2.45) is 11.1 Å². The Morgan fingerprint density at radius 1 is 1.22 bits per heavy atom. The second-order valence-electron chi connectivity index (χ2n) is 5.84. The molecule has 0 saturated heterocycles. The van der Waals surface area contributed by atoms with Crippen molar-refractivity contribution in [1.82, 2.24) is 5.32 Å². The average molecular weight is 260 g/mol. The summed E-state index contributed by atoms with van der Waals surface area (Å²) in [6.45, 7) is 9.09. The van der Waals surface area contributed by atoms with Gasteiger partial charge in [0, 0.05) is 12.0 Å². The lowest BCUT2D eigenvalue weighted by Crippen LogP contribution is -2.50. The Morgan fingerprint density at radius 2 is 1.72 bits per heavy atom. The van der Waals surface area contributed by atoms with Crippen LogP contribution in [0.15, 0.2) is 0 Å². The van der Waals surface area contributed by atoms with Gasteiger partial charge in [-0.3, -0.25) is 4.79 Å². The van der Waals surface area contributed by atoms with Crippen LogP contribution in [0.5, 0.6) is 0 Å². The summed E-state index contributed by atoms with van der Waals surface area (Å²) in [5.41, 5.74) is 4.57. The Kier molecular flexibility index (Phi) is 5.60. The summed E-state index contributed by atoms with van der Waals surface area (Å²) >= 11 is 0. The van der Waals surface area contributed by atoms with Gasteiger partial charge in [0.25, 0.3) is 0 Å². The Labute approximate surface area is 108 Å². The predicted molar refractivity (Wildman–Crippen MR) is 68.0 cm³/mol. The van der Waals surface area contributed by atoms with Gasteiger partial charge in [-0.1, -0.05) is 13.8 Å². The van der Waals surface area contributed by atoms with E-state index in [0.717, 1.165) is 0 Å². The van der Waals surface area contributed by atoms with Crippen LogP contribution in [0.3, 0.4) is 0 Å². The van der Waals surface area contributed by atoms with Crippen molar-refractivity contribution in [3.8, 4) is 0 Å². The summed E-state index contributed by atoms with van der Waals surface area (Å²) < 4.78 is 9.67. The molecule has 0 aromatic rings. The van der Waals surface area contributed by atoms with Gasteiger partial charge in [0.2, 0.25) is 0 Å². The first-order chi connectivity index (χ1) is 7.99. The van der Waals surface area contributed by atoms with Gasteiger partial charge in [0.15, 0.2) is 0 Å². The van der Waals surface area contributed by atoms with E-state index in [0.29, 0.717) is 0 Å². The number of esters is 1. The van der Waals surface area contributed by atoms with Gasteiger partial charge in [-0.2, -0.15) is 0 Å². The molecular weight excluding hydrogens is 236 g/mol. The number of nitrogens with one attached hydrogen (secondary N) is 1. The van der Waals surface area contributed by atoms with Crippen LogP contribution in [0.1, 0.15) is 34.6 Å². The van der Waals surface area contributed by atoms with Crippen LogP contribution < -0.4 is 11.1 Å². The summed E-state index contributed by atoms with van der Waals surface area (Å²) in [4.78, 5) is 22.8. The maximum Gasteiger partial charge on any atom is 0.407 e. The van der Waals surface area contributed by atoms with Gasteiger partial charge >= 0.3 is 12.1 Å². The zero-order valence-electron chi connectivity index (χ0n) is 12.0. The van der Waals surface area contributed by atoms with E-state index >= 15 is 0 Å².